The van der Waals surface area contributed by atoms with E-state index in [2.05, 4.69) is 27.7 Å². The van der Waals surface area contributed by atoms with Crippen molar-refractivity contribution in [2.24, 2.45) is 52.3 Å². The van der Waals surface area contributed by atoms with Gasteiger partial charge in [0, 0.05) is 31.5 Å². The van der Waals surface area contributed by atoms with Crippen LogP contribution in [0, 0.1) is 52.3 Å². The summed E-state index contributed by atoms with van der Waals surface area (Å²) >= 11 is 0. The molecule has 2 aliphatic heterocycles. The van der Waals surface area contributed by atoms with Crippen LogP contribution in [0.3, 0.4) is 0 Å². The molecule has 4 saturated carbocycles. The maximum atomic E-state index is 14.0. The molecule has 0 bridgehead atoms. The molecule has 184 valence electrons. The first-order valence-corrected chi connectivity index (χ1v) is 14.1. The van der Waals surface area contributed by atoms with E-state index in [4.69, 9.17) is 9.47 Å². The van der Waals surface area contributed by atoms with Crippen LogP contribution in [0.2, 0.25) is 0 Å². The lowest BCUT2D eigenvalue weighted by Crippen LogP contribution is -2.57. The fourth-order valence-electron chi connectivity index (χ4n) is 9.99. The normalized spacial score (nSPS) is 56.5. The fraction of sp³-hybridized carbons (Fsp3) is 0.966. The van der Waals surface area contributed by atoms with Crippen LogP contribution in [0.4, 0.5) is 0 Å². The van der Waals surface area contributed by atoms with Gasteiger partial charge in [0.05, 0.1) is 12.7 Å². The Morgan fingerprint density at radius 1 is 0.969 bits per heavy atom. The summed E-state index contributed by atoms with van der Waals surface area (Å²) in [5.41, 5.74) is 0.214. The number of carbonyl (C=O) groups is 1. The lowest BCUT2D eigenvalue weighted by atomic mass is 9.44. The maximum Gasteiger partial charge on any atom is 0.171 e. The van der Waals surface area contributed by atoms with Gasteiger partial charge in [0.1, 0.15) is 5.78 Å². The third-order valence-electron chi connectivity index (χ3n) is 11.7. The van der Waals surface area contributed by atoms with Crippen molar-refractivity contribution in [1.82, 2.24) is 0 Å². The van der Waals surface area contributed by atoms with Crippen LogP contribution in [-0.2, 0) is 14.3 Å². The first kappa shape index (κ1) is 23.3. The number of carbonyl (C=O) groups excluding carboxylic acids is 1. The van der Waals surface area contributed by atoms with E-state index in [-0.39, 0.29) is 12.9 Å². The van der Waals surface area contributed by atoms with E-state index < -0.39 is 5.79 Å². The van der Waals surface area contributed by atoms with Crippen LogP contribution in [-0.4, -0.2) is 24.3 Å². The van der Waals surface area contributed by atoms with Crippen LogP contribution in [0.15, 0.2) is 0 Å². The molecule has 4 aliphatic carbocycles. The van der Waals surface area contributed by atoms with Crippen LogP contribution < -0.4 is 0 Å². The second-order valence-corrected chi connectivity index (χ2v) is 12.8. The van der Waals surface area contributed by atoms with Gasteiger partial charge in [-0.1, -0.05) is 54.4 Å². The molecule has 0 N–H and O–H groups in total. The summed E-state index contributed by atoms with van der Waals surface area (Å²) in [5.74, 6) is 4.20. The first-order valence-electron chi connectivity index (χ1n) is 14.1. The van der Waals surface area contributed by atoms with E-state index in [0.717, 1.165) is 37.7 Å². The van der Waals surface area contributed by atoms with E-state index in [1.165, 1.54) is 44.9 Å². The molecule has 0 aromatic heterocycles. The van der Waals surface area contributed by atoms with E-state index >= 15 is 0 Å². The number of hydrogen-bond acceptors (Lipinski definition) is 3. The van der Waals surface area contributed by atoms with Crippen molar-refractivity contribution in [1.29, 1.82) is 0 Å². The largest absolute Gasteiger partial charge is 0.349 e. The van der Waals surface area contributed by atoms with Crippen molar-refractivity contribution in [3.05, 3.63) is 0 Å². The molecule has 0 radical (unpaired) electrons. The quantitative estimate of drug-likeness (QED) is 0.392. The Labute approximate surface area is 198 Å². The standard InChI is InChI=1S/C27H42O3.C2H6.H2/c1-16-10-12-27(29-15-16)17(2)24-22(30-27)13-21-19-9-8-18-7-5-6-11-25(18,3)20(19)14-23(28)26(21,24)4;1-2;/h16-22,24H,5-15H2,1-4H3;1-2H3;1H/t16?,17-,18?,19?,20?,21?,22?,24?,25-,26+,27?;;/m0../s1. The number of Topliss-reactive ketones (excluding diaryl/α,β-unsaturated/α-hetero) is 1. The summed E-state index contributed by atoms with van der Waals surface area (Å²) in [6.45, 7) is 14.3. The molecule has 0 aromatic carbocycles. The molecule has 6 aliphatic rings. The molecule has 3 heteroatoms. The van der Waals surface area contributed by atoms with Crippen LogP contribution >= 0.6 is 0 Å². The molecular formula is C29H50O3. The molecule has 0 aromatic rings. The van der Waals surface area contributed by atoms with Gasteiger partial charge in [-0.05, 0) is 73.5 Å². The lowest BCUT2D eigenvalue weighted by Gasteiger charge is -2.60. The average Bonchev–Trinajstić information content (AvgIpc) is 3.24. The number of fused-ring (bicyclic) bond motifs is 7. The predicted octanol–water partition coefficient (Wildman–Crippen LogP) is 7.27. The number of rotatable bonds is 0. The topological polar surface area (TPSA) is 35.5 Å². The van der Waals surface area contributed by atoms with Crippen molar-refractivity contribution in [2.45, 2.75) is 118 Å². The predicted molar refractivity (Wildman–Crippen MR) is 130 cm³/mol. The molecule has 2 saturated heterocycles. The summed E-state index contributed by atoms with van der Waals surface area (Å²) in [6, 6.07) is 0. The van der Waals surface area contributed by atoms with Gasteiger partial charge in [0.15, 0.2) is 5.79 Å². The highest BCUT2D eigenvalue weighted by atomic mass is 16.7. The first-order chi connectivity index (χ1) is 15.3. The fourth-order valence-corrected chi connectivity index (χ4v) is 9.99. The van der Waals surface area contributed by atoms with Gasteiger partial charge in [-0.25, -0.2) is 0 Å². The molecule has 3 nitrogen and oxygen atoms in total. The zero-order valence-corrected chi connectivity index (χ0v) is 21.6. The van der Waals surface area contributed by atoms with Gasteiger partial charge in [-0.2, -0.15) is 0 Å². The average molecular weight is 447 g/mol. The minimum Gasteiger partial charge on any atom is -0.349 e. The molecule has 11 atom stereocenters. The monoisotopic (exact) mass is 446 g/mol. The van der Waals surface area contributed by atoms with Gasteiger partial charge in [-0.3, -0.25) is 4.79 Å². The van der Waals surface area contributed by atoms with E-state index in [0.29, 0.717) is 40.8 Å². The number of ketones is 1. The molecule has 1 spiro atoms. The maximum absolute atomic E-state index is 14.0. The molecule has 6 rings (SSSR count). The van der Waals surface area contributed by atoms with Crippen molar-refractivity contribution < 1.29 is 15.7 Å². The summed E-state index contributed by atoms with van der Waals surface area (Å²) in [6.07, 6.45) is 12.6. The Balaban J connectivity index is 0.000000842. The molecule has 0 amide bonds. The van der Waals surface area contributed by atoms with Gasteiger partial charge in [-0.15, -0.1) is 0 Å². The van der Waals surface area contributed by atoms with E-state index in [1.54, 1.807) is 0 Å². The third-order valence-corrected chi connectivity index (χ3v) is 11.7. The highest BCUT2D eigenvalue weighted by Gasteiger charge is 2.71. The minimum atomic E-state index is -0.417. The van der Waals surface area contributed by atoms with Crippen LogP contribution in [0.5, 0.6) is 0 Å². The van der Waals surface area contributed by atoms with Gasteiger partial charge < -0.3 is 9.47 Å². The number of hydrogen-bond donors (Lipinski definition) is 0. The molecule has 32 heavy (non-hydrogen) atoms. The van der Waals surface area contributed by atoms with Gasteiger partial charge in [0.2, 0.25) is 0 Å². The van der Waals surface area contributed by atoms with Crippen LogP contribution in [0.1, 0.15) is 107 Å². The van der Waals surface area contributed by atoms with Crippen molar-refractivity contribution in [2.75, 3.05) is 6.61 Å². The molecule has 6 fully saturated rings. The second kappa shape index (κ2) is 8.08. The zero-order valence-electron chi connectivity index (χ0n) is 21.6. The summed E-state index contributed by atoms with van der Waals surface area (Å²) in [7, 11) is 0. The van der Waals surface area contributed by atoms with E-state index in [1.807, 2.05) is 13.8 Å². The summed E-state index contributed by atoms with van der Waals surface area (Å²) in [4.78, 5) is 14.0. The van der Waals surface area contributed by atoms with Crippen molar-refractivity contribution in [3.63, 3.8) is 0 Å². The van der Waals surface area contributed by atoms with Crippen LogP contribution in [0.25, 0.3) is 0 Å². The Morgan fingerprint density at radius 2 is 1.75 bits per heavy atom. The Morgan fingerprint density at radius 3 is 2.47 bits per heavy atom. The van der Waals surface area contributed by atoms with Gasteiger partial charge >= 0.3 is 0 Å². The molecular weight excluding hydrogens is 396 g/mol. The SMILES string of the molecule is CC.CC1CCC2(OC1)OC1CC3C4CCC5CCCC[C@]5(C)C4CC(=O)[C@]3(C)C1[C@@H]2C.[HH]. The highest BCUT2D eigenvalue weighted by Crippen LogP contribution is 2.70. The number of ether oxygens (including phenoxy) is 2. The zero-order chi connectivity index (χ0) is 22.9. The molecule has 2 heterocycles. The van der Waals surface area contributed by atoms with Crippen molar-refractivity contribution >= 4 is 5.78 Å². The second-order valence-electron chi connectivity index (χ2n) is 12.8. The minimum absolute atomic E-state index is 0. The Hall–Kier alpha value is -0.410. The Bertz CT molecular complexity index is 730. The summed E-state index contributed by atoms with van der Waals surface area (Å²) in [5, 5.41) is 0. The van der Waals surface area contributed by atoms with Crippen molar-refractivity contribution in [3.8, 4) is 0 Å². The van der Waals surface area contributed by atoms with Gasteiger partial charge in [0.25, 0.3) is 0 Å². The lowest BCUT2D eigenvalue weighted by molar-refractivity contribution is -0.272. The van der Waals surface area contributed by atoms with E-state index in [9.17, 15) is 4.79 Å². The summed E-state index contributed by atoms with van der Waals surface area (Å²) < 4.78 is 13.2. The smallest absolute Gasteiger partial charge is 0.171 e. The Kier molecular flexibility index (Phi) is 5.89. The highest BCUT2D eigenvalue weighted by molar-refractivity contribution is 5.87. The molecule has 8 unspecified atom stereocenters. The third kappa shape index (κ3) is 3.01.